The highest BCUT2D eigenvalue weighted by Crippen LogP contribution is 2.33. The van der Waals surface area contributed by atoms with Crippen molar-refractivity contribution in [2.24, 2.45) is 11.3 Å². The number of rotatable bonds is 12. The second-order valence-electron chi connectivity index (χ2n) is 12.0. The van der Waals surface area contributed by atoms with Crippen LogP contribution in [0.3, 0.4) is 0 Å². The van der Waals surface area contributed by atoms with Crippen molar-refractivity contribution in [3.8, 4) is 17.3 Å². The lowest BCUT2D eigenvalue weighted by atomic mass is 9.82. The lowest BCUT2D eigenvalue weighted by Crippen LogP contribution is -2.44. The number of nitrogens with one attached hydrogen (secondary N) is 2. The van der Waals surface area contributed by atoms with Gasteiger partial charge in [-0.15, -0.1) is 0 Å². The fourth-order valence-corrected chi connectivity index (χ4v) is 5.70. The number of hydrogen-bond donors (Lipinski definition) is 3. The van der Waals surface area contributed by atoms with Gasteiger partial charge in [-0.25, -0.2) is 9.78 Å². The first-order chi connectivity index (χ1) is 19.6. The molecular formula is C31H42ClN5O4. The summed E-state index contributed by atoms with van der Waals surface area (Å²) >= 11 is 6.58. The molecule has 222 valence electrons. The number of hydrogen-bond acceptors (Lipinski definition) is 8. The molecule has 10 heteroatoms. The van der Waals surface area contributed by atoms with Crippen LogP contribution in [0.15, 0.2) is 30.5 Å². The minimum absolute atomic E-state index is 0.0792. The number of aliphatic carboxylic acids is 1. The molecular weight excluding hydrogens is 542 g/mol. The summed E-state index contributed by atoms with van der Waals surface area (Å²) in [4.78, 5) is 20.7. The lowest BCUT2D eigenvalue weighted by molar-refractivity contribution is -0.161. The summed E-state index contributed by atoms with van der Waals surface area (Å²) in [7, 11) is 0. The van der Waals surface area contributed by atoms with E-state index in [1.54, 1.807) is 20.0 Å². The summed E-state index contributed by atoms with van der Waals surface area (Å²) in [5, 5.41) is 26.5. The fraction of sp³-hybridized carbons (Fsp3) is 0.613. The van der Waals surface area contributed by atoms with Gasteiger partial charge in [-0.3, -0.25) is 4.98 Å². The molecule has 0 bridgehead atoms. The Balaban J connectivity index is 1.30. The molecule has 3 heterocycles. The van der Waals surface area contributed by atoms with Crippen molar-refractivity contribution in [2.45, 2.75) is 83.4 Å². The molecule has 1 saturated heterocycles. The molecule has 2 aromatic rings. The predicted molar refractivity (Wildman–Crippen MR) is 159 cm³/mol. The highest BCUT2D eigenvalue weighted by Gasteiger charge is 2.33. The van der Waals surface area contributed by atoms with Crippen LogP contribution in [0.25, 0.3) is 11.3 Å². The number of nitrogens with zero attached hydrogens (tertiary/aromatic N) is 3. The third-order valence-corrected chi connectivity index (χ3v) is 8.61. The minimum atomic E-state index is -1.18. The topological polar surface area (TPSA) is 129 Å². The maximum atomic E-state index is 11.3. The van der Waals surface area contributed by atoms with Crippen molar-refractivity contribution in [1.29, 1.82) is 5.26 Å². The van der Waals surface area contributed by atoms with Crippen LogP contribution in [-0.2, 0) is 20.7 Å². The molecule has 4 rings (SSSR count). The standard InChI is InChI=1S/C31H42ClN5O4/c1-21(18-41-30(2,3)29(38)39)36-23-9-7-22(8-10-23)15-24-16-25(26(32)17-34-24)27-5-4-6-28(37-27)35-20-31(19-33)11-13-40-14-12-31/h4-6,16-17,21-23,36H,7-15,18,20H2,1-3H3,(H,35,37)(H,38,39)/t21-,22?,23?/m0/s1. The maximum Gasteiger partial charge on any atom is 0.335 e. The van der Waals surface area contributed by atoms with Gasteiger partial charge >= 0.3 is 5.97 Å². The Hall–Kier alpha value is -2.77. The SMILES string of the molecule is C[C@@H](COC(C)(C)C(=O)O)NC1CCC(Cc2cc(-c3cccc(NCC4(C#N)CCOCC4)n3)c(Cl)cn2)CC1. The van der Waals surface area contributed by atoms with Crippen molar-refractivity contribution in [3.63, 3.8) is 0 Å². The van der Waals surface area contributed by atoms with E-state index in [1.807, 2.05) is 25.1 Å². The summed E-state index contributed by atoms with van der Waals surface area (Å²) in [6.07, 6.45) is 8.33. The summed E-state index contributed by atoms with van der Waals surface area (Å²) in [5.41, 5.74) is 1.02. The van der Waals surface area contributed by atoms with Crippen molar-refractivity contribution < 1.29 is 19.4 Å². The van der Waals surface area contributed by atoms with Gasteiger partial charge in [0, 0.05) is 49.3 Å². The molecule has 2 aliphatic rings. The first-order valence-corrected chi connectivity index (χ1v) is 14.9. The normalized spacial score (nSPS) is 21.5. The molecule has 0 amide bonds. The summed E-state index contributed by atoms with van der Waals surface area (Å²) in [6.45, 7) is 7.29. The zero-order valence-electron chi connectivity index (χ0n) is 24.3. The molecule has 0 spiro atoms. The summed E-state index contributed by atoms with van der Waals surface area (Å²) < 4.78 is 11.0. The van der Waals surface area contributed by atoms with Crippen molar-refractivity contribution >= 4 is 23.4 Å². The molecule has 0 radical (unpaired) electrons. The molecule has 2 aromatic heterocycles. The first kappa shape index (κ1) is 31.2. The number of carboxylic acids is 1. The van der Waals surface area contributed by atoms with E-state index in [0.29, 0.717) is 56.2 Å². The molecule has 2 fully saturated rings. The second-order valence-corrected chi connectivity index (χ2v) is 12.4. The monoisotopic (exact) mass is 583 g/mol. The number of aromatic nitrogens is 2. The Morgan fingerprint density at radius 3 is 2.71 bits per heavy atom. The van der Waals surface area contributed by atoms with Crippen molar-refractivity contribution in [2.75, 3.05) is 31.7 Å². The minimum Gasteiger partial charge on any atom is -0.479 e. The van der Waals surface area contributed by atoms with E-state index in [2.05, 4.69) is 27.8 Å². The average Bonchev–Trinajstić information content (AvgIpc) is 2.97. The molecule has 1 saturated carbocycles. The van der Waals surface area contributed by atoms with Gasteiger partial charge < -0.3 is 25.2 Å². The Morgan fingerprint density at radius 2 is 2.02 bits per heavy atom. The van der Waals surface area contributed by atoms with E-state index in [4.69, 9.17) is 26.1 Å². The largest absolute Gasteiger partial charge is 0.479 e. The van der Waals surface area contributed by atoms with Gasteiger partial charge in [0.25, 0.3) is 0 Å². The van der Waals surface area contributed by atoms with E-state index >= 15 is 0 Å². The van der Waals surface area contributed by atoms with E-state index in [-0.39, 0.29) is 6.04 Å². The third kappa shape index (κ3) is 8.62. The van der Waals surface area contributed by atoms with Gasteiger partial charge in [-0.05, 0) is 89.8 Å². The molecule has 1 atom stereocenters. The Labute approximate surface area is 248 Å². The average molecular weight is 584 g/mol. The summed E-state index contributed by atoms with van der Waals surface area (Å²) in [5.74, 6) is 0.299. The number of carbonyl (C=O) groups is 1. The fourth-order valence-electron chi connectivity index (χ4n) is 5.50. The lowest BCUT2D eigenvalue weighted by Gasteiger charge is -2.32. The van der Waals surface area contributed by atoms with Gasteiger partial charge in [0.1, 0.15) is 5.82 Å². The molecule has 41 heavy (non-hydrogen) atoms. The van der Waals surface area contributed by atoms with E-state index in [1.165, 1.54) is 0 Å². The number of ether oxygens (including phenoxy) is 2. The second kappa shape index (κ2) is 13.9. The predicted octanol–water partition coefficient (Wildman–Crippen LogP) is 5.49. The number of halogens is 1. The zero-order chi connectivity index (χ0) is 29.5. The van der Waals surface area contributed by atoms with Gasteiger partial charge in [0.2, 0.25) is 0 Å². The van der Waals surface area contributed by atoms with Crippen LogP contribution in [0.5, 0.6) is 0 Å². The highest BCUT2D eigenvalue weighted by molar-refractivity contribution is 6.33. The summed E-state index contributed by atoms with van der Waals surface area (Å²) in [6, 6.07) is 10.8. The van der Waals surface area contributed by atoms with Crippen LogP contribution in [0.4, 0.5) is 5.82 Å². The van der Waals surface area contributed by atoms with Crippen LogP contribution in [-0.4, -0.2) is 65.1 Å². The van der Waals surface area contributed by atoms with Gasteiger partial charge in [-0.2, -0.15) is 5.26 Å². The van der Waals surface area contributed by atoms with Crippen molar-refractivity contribution in [3.05, 3.63) is 41.2 Å². The number of anilines is 1. The zero-order valence-corrected chi connectivity index (χ0v) is 25.0. The van der Waals surface area contributed by atoms with Crippen LogP contribution >= 0.6 is 11.6 Å². The van der Waals surface area contributed by atoms with E-state index in [0.717, 1.165) is 54.9 Å². The highest BCUT2D eigenvalue weighted by atomic mass is 35.5. The van der Waals surface area contributed by atoms with Crippen LogP contribution in [0.2, 0.25) is 5.02 Å². The van der Waals surface area contributed by atoms with Crippen LogP contribution < -0.4 is 10.6 Å². The molecule has 0 aromatic carbocycles. The molecule has 3 N–H and O–H groups in total. The van der Waals surface area contributed by atoms with Gasteiger partial charge in [0.05, 0.1) is 28.8 Å². The number of nitriles is 1. The third-order valence-electron chi connectivity index (χ3n) is 8.31. The van der Waals surface area contributed by atoms with Crippen LogP contribution in [0.1, 0.15) is 65.0 Å². The Kier molecular flexibility index (Phi) is 10.6. The first-order valence-electron chi connectivity index (χ1n) is 14.6. The van der Waals surface area contributed by atoms with Crippen LogP contribution in [0, 0.1) is 22.7 Å². The smallest absolute Gasteiger partial charge is 0.335 e. The quantitative estimate of drug-likeness (QED) is 0.297. The van der Waals surface area contributed by atoms with Gasteiger partial charge in [-0.1, -0.05) is 17.7 Å². The number of carboxylic acid groups (broad SMARTS) is 1. The maximum absolute atomic E-state index is 11.3. The molecule has 9 nitrogen and oxygen atoms in total. The molecule has 0 unspecified atom stereocenters. The van der Waals surface area contributed by atoms with Crippen molar-refractivity contribution in [1.82, 2.24) is 15.3 Å². The van der Waals surface area contributed by atoms with Gasteiger partial charge in [0.15, 0.2) is 5.60 Å². The molecule has 1 aliphatic carbocycles. The molecule has 1 aliphatic heterocycles. The van der Waals surface area contributed by atoms with E-state index < -0.39 is 17.0 Å². The van der Waals surface area contributed by atoms with E-state index in [9.17, 15) is 15.2 Å². The Bertz CT molecular complexity index is 1220. The Morgan fingerprint density at radius 1 is 1.29 bits per heavy atom. The number of pyridine rings is 2.